The highest BCUT2D eigenvalue weighted by molar-refractivity contribution is 6.42. The van der Waals surface area contributed by atoms with Gasteiger partial charge < -0.3 is 4.74 Å². The molecule has 6 heteroatoms. The number of aliphatic imine (C=N–C) groups is 1. The Balaban J connectivity index is 2.15. The molecule has 0 radical (unpaired) electrons. The second-order valence-corrected chi connectivity index (χ2v) is 4.64. The van der Waals surface area contributed by atoms with Gasteiger partial charge in [-0.15, -0.1) is 0 Å². The third kappa shape index (κ3) is 3.56. The topological polar surface area (TPSA) is 51.5 Å². The van der Waals surface area contributed by atoms with Crippen LogP contribution in [0.25, 0.3) is 0 Å². The fraction of sp³-hybridized carbons (Fsp3) is 0.0714. The van der Waals surface area contributed by atoms with Gasteiger partial charge in [-0.1, -0.05) is 29.3 Å². The van der Waals surface area contributed by atoms with Crippen LogP contribution in [0, 0.1) is 0 Å². The van der Waals surface area contributed by atoms with Gasteiger partial charge in [0.2, 0.25) is 0 Å². The number of benzene rings is 1. The lowest BCUT2D eigenvalue weighted by atomic mass is 10.2. The van der Waals surface area contributed by atoms with Crippen molar-refractivity contribution in [3.05, 3.63) is 57.8 Å². The van der Waals surface area contributed by atoms with Crippen LogP contribution in [0.1, 0.15) is 16.1 Å². The Morgan fingerprint density at radius 3 is 2.65 bits per heavy atom. The van der Waals surface area contributed by atoms with Crippen LogP contribution in [0.5, 0.6) is 0 Å². The number of carbonyl (C=O) groups is 1. The Labute approximate surface area is 126 Å². The van der Waals surface area contributed by atoms with Gasteiger partial charge in [0.15, 0.2) is 0 Å². The number of nitrogens with zero attached hydrogens (tertiary/aromatic N) is 2. The van der Waals surface area contributed by atoms with Crippen molar-refractivity contribution >= 4 is 41.1 Å². The summed E-state index contributed by atoms with van der Waals surface area (Å²) in [6, 6.07) is 8.43. The molecule has 0 aliphatic heterocycles. The Bertz CT molecular complexity index is 655. The van der Waals surface area contributed by atoms with Gasteiger partial charge in [-0.25, -0.2) is 9.78 Å². The number of hydrogen-bond acceptors (Lipinski definition) is 4. The molecular weight excluding hydrogens is 299 g/mol. The van der Waals surface area contributed by atoms with Crippen LogP contribution in [0.15, 0.2) is 41.5 Å². The van der Waals surface area contributed by atoms with Crippen molar-refractivity contribution in [2.24, 2.45) is 4.99 Å². The van der Waals surface area contributed by atoms with Gasteiger partial charge in [0.1, 0.15) is 5.69 Å². The van der Waals surface area contributed by atoms with Crippen LogP contribution in [-0.2, 0) is 4.74 Å². The minimum atomic E-state index is -0.481. The van der Waals surface area contributed by atoms with Crippen LogP contribution in [0.3, 0.4) is 0 Å². The van der Waals surface area contributed by atoms with Crippen LogP contribution in [0.2, 0.25) is 10.0 Å². The lowest BCUT2D eigenvalue weighted by Gasteiger charge is -1.99. The Hall–Kier alpha value is -1.91. The minimum Gasteiger partial charge on any atom is -0.464 e. The van der Waals surface area contributed by atoms with E-state index in [0.29, 0.717) is 15.7 Å². The molecule has 0 atom stereocenters. The SMILES string of the molecule is COC(=O)c1ccc(/N=C/c2ccc(Cl)c(Cl)c2)cn1. The molecule has 0 spiro atoms. The molecule has 2 aromatic rings. The predicted molar refractivity (Wildman–Crippen MR) is 79.3 cm³/mol. The van der Waals surface area contributed by atoms with Gasteiger partial charge >= 0.3 is 5.97 Å². The summed E-state index contributed by atoms with van der Waals surface area (Å²) in [5, 5.41) is 0.961. The molecule has 1 aromatic heterocycles. The molecule has 1 heterocycles. The summed E-state index contributed by atoms with van der Waals surface area (Å²) in [4.78, 5) is 19.4. The monoisotopic (exact) mass is 308 g/mol. The van der Waals surface area contributed by atoms with Gasteiger partial charge in [-0.3, -0.25) is 4.99 Å². The van der Waals surface area contributed by atoms with Crippen LogP contribution in [-0.4, -0.2) is 24.3 Å². The van der Waals surface area contributed by atoms with Crippen molar-refractivity contribution in [3.8, 4) is 0 Å². The zero-order chi connectivity index (χ0) is 14.5. The first kappa shape index (κ1) is 14.5. The number of aromatic nitrogens is 1. The molecule has 1 aromatic carbocycles. The fourth-order valence-corrected chi connectivity index (χ4v) is 1.74. The summed E-state index contributed by atoms with van der Waals surface area (Å²) in [7, 11) is 1.31. The van der Waals surface area contributed by atoms with Gasteiger partial charge in [-0.2, -0.15) is 0 Å². The molecule has 0 N–H and O–H groups in total. The molecule has 0 unspecified atom stereocenters. The maximum absolute atomic E-state index is 11.2. The van der Waals surface area contributed by atoms with Crippen molar-refractivity contribution in [3.63, 3.8) is 0 Å². The van der Waals surface area contributed by atoms with E-state index < -0.39 is 5.97 Å². The van der Waals surface area contributed by atoms with Crippen LogP contribution < -0.4 is 0 Å². The van der Waals surface area contributed by atoms with Crippen molar-refractivity contribution < 1.29 is 9.53 Å². The predicted octanol–water partition coefficient (Wildman–Crippen LogP) is 3.93. The smallest absolute Gasteiger partial charge is 0.356 e. The van der Waals surface area contributed by atoms with Gasteiger partial charge in [-0.05, 0) is 29.8 Å². The molecule has 0 aliphatic carbocycles. The fourth-order valence-electron chi connectivity index (χ4n) is 1.43. The number of methoxy groups -OCH3 is 1. The van der Waals surface area contributed by atoms with Gasteiger partial charge in [0, 0.05) is 6.21 Å². The molecule has 20 heavy (non-hydrogen) atoms. The molecule has 0 amide bonds. The highest BCUT2D eigenvalue weighted by Crippen LogP contribution is 2.22. The van der Waals surface area contributed by atoms with E-state index in [-0.39, 0.29) is 5.69 Å². The second kappa shape index (κ2) is 6.50. The first-order chi connectivity index (χ1) is 9.60. The molecule has 2 rings (SSSR count). The van der Waals surface area contributed by atoms with Crippen molar-refractivity contribution in [2.75, 3.05) is 7.11 Å². The standard InChI is InChI=1S/C14H10Cl2N2O2/c1-20-14(19)13-5-3-10(8-18-13)17-7-9-2-4-11(15)12(16)6-9/h2-8H,1H3/b17-7+. The van der Waals surface area contributed by atoms with E-state index in [4.69, 9.17) is 23.2 Å². The number of rotatable bonds is 3. The van der Waals surface area contributed by atoms with Gasteiger partial charge in [0.25, 0.3) is 0 Å². The Morgan fingerprint density at radius 1 is 1.25 bits per heavy atom. The Kier molecular flexibility index (Phi) is 4.71. The zero-order valence-corrected chi connectivity index (χ0v) is 12.0. The van der Waals surface area contributed by atoms with E-state index >= 15 is 0 Å². The van der Waals surface area contributed by atoms with E-state index in [9.17, 15) is 4.79 Å². The van der Waals surface area contributed by atoms with Crippen LogP contribution >= 0.6 is 23.2 Å². The summed E-state index contributed by atoms with van der Waals surface area (Å²) in [5.74, 6) is -0.481. The van der Waals surface area contributed by atoms with Crippen LogP contribution in [0.4, 0.5) is 5.69 Å². The van der Waals surface area contributed by atoms with E-state index in [1.165, 1.54) is 13.3 Å². The molecule has 0 bridgehead atoms. The summed E-state index contributed by atoms with van der Waals surface area (Å²) < 4.78 is 4.56. The second-order valence-electron chi connectivity index (χ2n) is 3.82. The number of esters is 1. The van der Waals surface area contributed by atoms with E-state index in [0.717, 1.165) is 5.56 Å². The molecule has 0 fully saturated rings. The highest BCUT2D eigenvalue weighted by atomic mass is 35.5. The number of pyridine rings is 1. The third-order valence-corrected chi connectivity index (χ3v) is 3.19. The molecular formula is C14H10Cl2N2O2. The first-order valence-corrected chi connectivity index (χ1v) is 6.39. The quantitative estimate of drug-likeness (QED) is 0.637. The Morgan fingerprint density at radius 2 is 2.05 bits per heavy atom. The maximum Gasteiger partial charge on any atom is 0.356 e. The van der Waals surface area contributed by atoms with Gasteiger partial charge in [0.05, 0.1) is 29.0 Å². The average Bonchev–Trinajstić information content (AvgIpc) is 2.48. The molecule has 0 saturated heterocycles. The summed E-state index contributed by atoms with van der Waals surface area (Å²) >= 11 is 11.7. The third-order valence-electron chi connectivity index (χ3n) is 2.45. The maximum atomic E-state index is 11.2. The summed E-state index contributed by atoms with van der Waals surface area (Å²) in [6.45, 7) is 0. The largest absolute Gasteiger partial charge is 0.464 e. The number of halogens is 2. The number of hydrogen-bond donors (Lipinski definition) is 0. The molecule has 0 aliphatic rings. The zero-order valence-electron chi connectivity index (χ0n) is 10.5. The van der Waals surface area contributed by atoms with E-state index in [1.54, 1.807) is 36.5 Å². The van der Waals surface area contributed by atoms with E-state index in [2.05, 4.69) is 14.7 Å². The van der Waals surface area contributed by atoms with E-state index in [1.807, 2.05) is 0 Å². The average molecular weight is 309 g/mol. The lowest BCUT2D eigenvalue weighted by Crippen LogP contribution is -2.02. The summed E-state index contributed by atoms with van der Waals surface area (Å²) in [6.07, 6.45) is 3.12. The number of ether oxygens (including phenoxy) is 1. The number of carbonyl (C=O) groups excluding carboxylic acids is 1. The van der Waals surface area contributed by atoms with Crippen molar-refractivity contribution in [1.82, 2.24) is 4.98 Å². The first-order valence-electron chi connectivity index (χ1n) is 5.63. The lowest BCUT2D eigenvalue weighted by molar-refractivity contribution is 0.0594. The van der Waals surface area contributed by atoms with Crippen molar-refractivity contribution in [2.45, 2.75) is 0 Å². The molecule has 102 valence electrons. The minimum absolute atomic E-state index is 0.237. The van der Waals surface area contributed by atoms with Crippen molar-refractivity contribution in [1.29, 1.82) is 0 Å². The molecule has 4 nitrogen and oxygen atoms in total. The normalized spacial score (nSPS) is 10.8. The summed E-state index contributed by atoms with van der Waals surface area (Å²) in [5.41, 5.74) is 1.67. The molecule has 0 saturated carbocycles. The highest BCUT2D eigenvalue weighted by Gasteiger charge is 2.05.